The van der Waals surface area contributed by atoms with Crippen LogP contribution in [0.4, 0.5) is 16.7 Å². The van der Waals surface area contributed by atoms with Gasteiger partial charge in [0.05, 0.1) is 37.6 Å². The molecule has 0 aromatic carbocycles. The van der Waals surface area contributed by atoms with Gasteiger partial charge in [-0.15, -0.1) is 0 Å². The van der Waals surface area contributed by atoms with Crippen LogP contribution in [-0.2, 0) is 27.2 Å². The van der Waals surface area contributed by atoms with Gasteiger partial charge >= 0.3 is 12.1 Å². The zero-order valence-electron chi connectivity index (χ0n) is 27.1. The van der Waals surface area contributed by atoms with Crippen molar-refractivity contribution in [3.63, 3.8) is 0 Å². The first-order chi connectivity index (χ1) is 21.7. The number of carbonyl (C=O) groups excluding carboxylic acids is 2. The van der Waals surface area contributed by atoms with Crippen LogP contribution in [0.5, 0.6) is 0 Å². The largest absolute Gasteiger partial charge is 0.462 e. The van der Waals surface area contributed by atoms with E-state index in [-0.39, 0.29) is 6.09 Å². The van der Waals surface area contributed by atoms with E-state index in [0.717, 1.165) is 82.7 Å². The molecule has 2 aromatic heterocycles. The molecule has 0 radical (unpaired) electrons. The van der Waals surface area contributed by atoms with E-state index in [9.17, 15) is 9.59 Å². The van der Waals surface area contributed by atoms with Crippen molar-refractivity contribution in [3.8, 4) is 0 Å². The minimum Gasteiger partial charge on any atom is -0.462 e. The van der Waals surface area contributed by atoms with Crippen molar-refractivity contribution in [1.82, 2.24) is 34.6 Å². The fraction of sp³-hybridized carbons (Fsp3) is 0.677. The van der Waals surface area contributed by atoms with Crippen molar-refractivity contribution in [2.75, 3.05) is 102 Å². The first-order valence-corrected chi connectivity index (χ1v) is 16.0. The van der Waals surface area contributed by atoms with Gasteiger partial charge in [-0.2, -0.15) is 0 Å². The fourth-order valence-electron chi connectivity index (χ4n) is 5.58. The molecule has 2 saturated heterocycles. The monoisotopic (exact) mass is 625 g/mol. The van der Waals surface area contributed by atoms with E-state index in [1.165, 1.54) is 12.4 Å². The highest BCUT2D eigenvalue weighted by molar-refractivity contribution is 5.88. The lowest BCUT2D eigenvalue weighted by Gasteiger charge is -2.36. The average Bonchev–Trinajstić information content (AvgIpc) is 3.04. The van der Waals surface area contributed by atoms with Crippen LogP contribution < -0.4 is 9.80 Å². The number of amides is 1. The summed E-state index contributed by atoms with van der Waals surface area (Å²) in [5.74, 6) is 1.02. The number of ether oxygens (including phenoxy) is 3. The maximum absolute atomic E-state index is 12.5. The second-order valence-electron chi connectivity index (χ2n) is 12.6. The molecule has 45 heavy (non-hydrogen) atoms. The third kappa shape index (κ3) is 9.21. The van der Waals surface area contributed by atoms with Crippen molar-refractivity contribution < 1.29 is 23.8 Å². The summed E-state index contributed by atoms with van der Waals surface area (Å²) in [6, 6.07) is 0. The van der Waals surface area contributed by atoms with Crippen LogP contribution in [0.25, 0.3) is 0 Å². The number of hydrogen-bond acceptors (Lipinski definition) is 13. The lowest BCUT2D eigenvalue weighted by molar-refractivity contribution is 0.0222. The number of fused-ring (bicyclic) bond motifs is 1. The van der Waals surface area contributed by atoms with Crippen molar-refractivity contribution in [2.24, 2.45) is 0 Å². The Morgan fingerprint density at radius 2 is 1.38 bits per heavy atom. The van der Waals surface area contributed by atoms with Gasteiger partial charge in [0.1, 0.15) is 5.60 Å². The predicted molar refractivity (Wildman–Crippen MR) is 168 cm³/mol. The van der Waals surface area contributed by atoms with Crippen LogP contribution in [0.15, 0.2) is 18.6 Å². The van der Waals surface area contributed by atoms with Gasteiger partial charge in [-0.05, 0) is 27.7 Å². The molecule has 1 amide bonds. The lowest BCUT2D eigenvalue weighted by atomic mass is 10.1. The second kappa shape index (κ2) is 15.1. The quantitative estimate of drug-likeness (QED) is 0.281. The third-order valence-electron chi connectivity index (χ3n) is 8.14. The zero-order chi connectivity index (χ0) is 31.8. The molecular weight excluding hydrogens is 578 g/mol. The van der Waals surface area contributed by atoms with Crippen LogP contribution in [0.2, 0.25) is 0 Å². The van der Waals surface area contributed by atoms with Crippen molar-refractivity contribution in [3.05, 3.63) is 35.4 Å². The van der Waals surface area contributed by atoms with Crippen molar-refractivity contribution in [1.29, 1.82) is 0 Å². The molecule has 3 aliphatic rings. The topological polar surface area (TPSA) is 130 Å². The molecule has 0 unspecified atom stereocenters. The summed E-state index contributed by atoms with van der Waals surface area (Å²) in [6.45, 7) is 19.2. The van der Waals surface area contributed by atoms with Crippen molar-refractivity contribution in [2.45, 2.75) is 46.3 Å². The number of esters is 1. The van der Waals surface area contributed by atoms with Crippen LogP contribution in [0.3, 0.4) is 0 Å². The van der Waals surface area contributed by atoms with E-state index in [2.05, 4.69) is 34.6 Å². The summed E-state index contributed by atoms with van der Waals surface area (Å²) in [7, 11) is 0. The van der Waals surface area contributed by atoms with E-state index in [1.54, 1.807) is 11.8 Å². The second-order valence-corrected chi connectivity index (χ2v) is 12.6. The molecule has 0 bridgehead atoms. The lowest BCUT2D eigenvalue weighted by Crippen LogP contribution is -2.48. The highest BCUT2D eigenvalue weighted by Gasteiger charge is 2.28. The Bertz CT molecular complexity index is 1270. The predicted octanol–water partition coefficient (Wildman–Crippen LogP) is 1.70. The van der Waals surface area contributed by atoms with Gasteiger partial charge in [0.25, 0.3) is 0 Å². The molecule has 3 aliphatic heterocycles. The van der Waals surface area contributed by atoms with Crippen LogP contribution in [-0.4, -0.2) is 144 Å². The van der Waals surface area contributed by atoms with Gasteiger partial charge in [0.2, 0.25) is 11.9 Å². The maximum atomic E-state index is 12.5. The highest BCUT2D eigenvalue weighted by Crippen LogP contribution is 2.22. The number of aromatic nitrogens is 4. The van der Waals surface area contributed by atoms with Gasteiger partial charge in [0.15, 0.2) is 0 Å². The summed E-state index contributed by atoms with van der Waals surface area (Å²) in [4.78, 5) is 53.4. The van der Waals surface area contributed by atoms with Gasteiger partial charge in [-0.1, -0.05) is 0 Å². The molecule has 2 aromatic rings. The first kappa shape index (κ1) is 32.8. The summed E-state index contributed by atoms with van der Waals surface area (Å²) < 4.78 is 16.5. The third-order valence-corrected chi connectivity index (χ3v) is 8.14. The molecular formula is C31H47N9O5. The smallest absolute Gasteiger partial charge is 0.410 e. The van der Waals surface area contributed by atoms with E-state index in [0.29, 0.717) is 50.8 Å². The number of piperazine rings is 2. The van der Waals surface area contributed by atoms with Gasteiger partial charge in [-0.3, -0.25) is 9.80 Å². The minimum absolute atomic E-state index is 0.288. The van der Waals surface area contributed by atoms with Crippen LogP contribution >= 0.6 is 0 Å². The molecule has 246 valence electrons. The molecule has 5 heterocycles. The molecule has 2 fully saturated rings. The Morgan fingerprint density at radius 3 is 1.96 bits per heavy atom. The Balaban J connectivity index is 0.947. The Morgan fingerprint density at radius 1 is 0.800 bits per heavy atom. The average molecular weight is 626 g/mol. The summed E-state index contributed by atoms with van der Waals surface area (Å²) >= 11 is 0. The minimum atomic E-state index is -0.510. The first-order valence-electron chi connectivity index (χ1n) is 16.0. The molecule has 0 aliphatic carbocycles. The number of anilines is 2. The summed E-state index contributed by atoms with van der Waals surface area (Å²) in [5, 5.41) is 0. The van der Waals surface area contributed by atoms with E-state index >= 15 is 0 Å². The van der Waals surface area contributed by atoms with Gasteiger partial charge in [-0.25, -0.2) is 29.5 Å². The Kier molecular flexibility index (Phi) is 11.0. The Labute approximate surface area is 265 Å². The van der Waals surface area contributed by atoms with Crippen LogP contribution in [0, 0.1) is 0 Å². The number of rotatable bonds is 10. The number of carbonyl (C=O) groups is 2. The zero-order valence-corrected chi connectivity index (χ0v) is 27.1. The Hall–Kier alpha value is -3.62. The summed E-state index contributed by atoms with van der Waals surface area (Å²) in [6.07, 6.45) is 5.35. The van der Waals surface area contributed by atoms with Gasteiger partial charge in [0, 0.05) is 103 Å². The fourth-order valence-corrected chi connectivity index (χ4v) is 5.58. The van der Waals surface area contributed by atoms with E-state index < -0.39 is 11.6 Å². The van der Waals surface area contributed by atoms with E-state index in [4.69, 9.17) is 19.2 Å². The molecule has 0 saturated carbocycles. The summed E-state index contributed by atoms with van der Waals surface area (Å²) in [5.41, 5.74) is 1.88. The van der Waals surface area contributed by atoms with Crippen molar-refractivity contribution >= 4 is 24.0 Å². The molecule has 0 N–H and O–H groups in total. The van der Waals surface area contributed by atoms with Crippen LogP contribution in [0.1, 0.15) is 49.3 Å². The van der Waals surface area contributed by atoms with E-state index in [1.807, 2.05) is 27.0 Å². The van der Waals surface area contributed by atoms with Gasteiger partial charge < -0.3 is 28.9 Å². The number of nitrogens with zero attached hydrogens (tertiary/aromatic N) is 9. The normalized spacial score (nSPS) is 18.1. The molecule has 5 rings (SSSR count). The molecule has 14 nitrogen and oxygen atoms in total. The number of hydrogen-bond donors (Lipinski definition) is 0. The molecule has 0 atom stereocenters. The SMILES string of the molecule is CCOC(=O)c1cnc(N2CCN(CCOCCN3CCN(c4ncc5c(n4)CCN(C(=O)OC(C)(C)C)C5)CC3)CC2)nc1. The highest BCUT2D eigenvalue weighted by atomic mass is 16.6. The molecule has 14 heteroatoms. The standard InChI is InChI=1S/C31H47N9O5/c1-5-44-27(41)24-20-32-28(33-21-24)38-12-8-36(9-13-38)16-18-43-19-17-37-10-14-39(15-11-37)29-34-22-25-23-40(7-6-26(25)35-29)30(42)45-31(2,3)4/h20-22H,5-19,23H2,1-4H3. The molecule has 0 spiro atoms. The maximum Gasteiger partial charge on any atom is 0.410 e.